The van der Waals surface area contributed by atoms with Gasteiger partial charge in [0.15, 0.2) is 0 Å². The van der Waals surface area contributed by atoms with E-state index < -0.39 is 0 Å². The Morgan fingerprint density at radius 2 is 2.19 bits per heavy atom. The summed E-state index contributed by atoms with van der Waals surface area (Å²) in [5.74, 6) is 0. The Morgan fingerprint density at radius 3 is 2.81 bits per heavy atom. The number of hydrogen-bond acceptors (Lipinski definition) is 3. The van der Waals surface area contributed by atoms with Crippen molar-refractivity contribution in [3.05, 3.63) is 0 Å². The summed E-state index contributed by atoms with van der Waals surface area (Å²) in [5.41, 5.74) is -0.156. The lowest BCUT2D eigenvalue weighted by Crippen LogP contribution is -2.34. The summed E-state index contributed by atoms with van der Waals surface area (Å²) in [7, 11) is 0. The van der Waals surface area contributed by atoms with Gasteiger partial charge in [0.1, 0.15) is 0 Å². The summed E-state index contributed by atoms with van der Waals surface area (Å²) in [6, 6.07) is 3.07. The molecule has 16 heavy (non-hydrogen) atoms. The van der Waals surface area contributed by atoms with E-state index in [1.165, 1.54) is 19.3 Å². The lowest BCUT2D eigenvalue weighted by molar-refractivity contribution is 0.413. The molecule has 2 atom stereocenters. The van der Waals surface area contributed by atoms with E-state index in [-0.39, 0.29) is 5.41 Å². The van der Waals surface area contributed by atoms with Gasteiger partial charge in [-0.25, -0.2) is 0 Å². The molecular weight excluding hydrogens is 216 g/mol. The first-order valence-corrected chi connectivity index (χ1v) is 7.55. The molecule has 1 rings (SSSR count). The fraction of sp³-hybridized carbons (Fsp3) is 0.923. The highest BCUT2D eigenvalue weighted by Crippen LogP contribution is 2.28. The minimum Gasteiger partial charge on any atom is -0.313 e. The van der Waals surface area contributed by atoms with Crippen LogP contribution in [0.2, 0.25) is 0 Å². The molecule has 1 saturated carbocycles. The molecule has 2 unspecified atom stereocenters. The molecule has 1 aliphatic carbocycles. The number of rotatable bonds is 6. The van der Waals surface area contributed by atoms with E-state index in [0.29, 0.717) is 6.04 Å². The number of hydrogen-bond donors (Lipinski definition) is 1. The van der Waals surface area contributed by atoms with Crippen LogP contribution in [0.15, 0.2) is 0 Å². The number of thioether (sulfide) groups is 1. The molecule has 0 amide bonds. The van der Waals surface area contributed by atoms with Crippen LogP contribution in [-0.2, 0) is 0 Å². The maximum absolute atomic E-state index is 8.91. The number of nitrogens with one attached hydrogen (secondary N) is 1. The van der Waals surface area contributed by atoms with Crippen molar-refractivity contribution in [2.45, 2.75) is 57.2 Å². The summed E-state index contributed by atoms with van der Waals surface area (Å²) in [6.07, 6.45) is 8.37. The van der Waals surface area contributed by atoms with Gasteiger partial charge in [-0.05, 0) is 52.3 Å². The summed E-state index contributed by atoms with van der Waals surface area (Å²) in [6.45, 7) is 5.10. The molecule has 0 aromatic carbocycles. The molecule has 0 aromatic heterocycles. The second-order valence-corrected chi connectivity index (χ2v) is 6.44. The van der Waals surface area contributed by atoms with Gasteiger partial charge in [-0.1, -0.05) is 6.42 Å². The van der Waals surface area contributed by atoms with Crippen LogP contribution in [0, 0.1) is 16.7 Å². The topological polar surface area (TPSA) is 35.8 Å². The van der Waals surface area contributed by atoms with Gasteiger partial charge in [0.05, 0.1) is 11.5 Å². The lowest BCUT2D eigenvalue weighted by Gasteiger charge is -2.20. The van der Waals surface area contributed by atoms with E-state index in [4.69, 9.17) is 5.26 Å². The molecule has 92 valence electrons. The average molecular weight is 240 g/mol. The van der Waals surface area contributed by atoms with E-state index in [0.717, 1.165) is 24.6 Å². The molecule has 0 radical (unpaired) electrons. The molecule has 2 nitrogen and oxygen atoms in total. The van der Waals surface area contributed by atoms with E-state index >= 15 is 0 Å². The van der Waals surface area contributed by atoms with Gasteiger partial charge >= 0.3 is 0 Å². The third-order valence-corrected chi connectivity index (χ3v) is 4.61. The van der Waals surface area contributed by atoms with Crippen molar-refractivity contribution in [1.29, 1.82) is 5.26 Å². The molecule has 0 saturated heterocycles. The molecule has 0 aliphatic heterocycles. The second kappa shape index (κ2) is 6.51. The van der Waals surface area contributed by atoms with Crippen molar-refractivity contribution in [1.82, 2.24) is 5.32 Å². The SMILES string of the molecule is CSC1CCCC1NCCCC(C)(C)C#N. The van der Waals surface area contributed by atoms with Crippen molar-refractivity contribution in [2.24, 2.45) is 5.41 Å². The zero-order chi connectivity index (χ0) is 12.0. The highest BCUT2D eigenvalue weighted by Gasteiger charge is 2.25. The molecule has 1 fully saturated rings. The Bertz CT molecular complexity index is 245. The van der Waals surface area contributed by atoms with Gasteiger partial charge in [0.25, 0.3) is 0 Å². The maximum Gasteiger partial charge on any atom is 0.0683 e. The van der Waals surface area contributed by atoms with Gasteiger partial charge in [-0.3, -0.25) is 0 Å². The molecule has 0 bridgehead atoms. The molecule has 0 aromatic rings. The van der Waals surface area contributed by atoms with Gasteiger partial charge in [-0.2, -0.15) is 17.0 Å². The monoisotopic (exact) mass is 240 g/mol. The highest BCUT2D eigenvalue weighted by atomic mass is 32.2. The third-order valence-electron chi connectivity index (χ3n) is 3.44. The quantitative estimate of drug-likeness (QED) is 0.724. The van der Waals surface area contributed by atoms with Crippen LogP contribution in [0.25, 0.3) is 0 Å². The largest absolute Gasteiger partial charge is 0.313 e. The predicted molar refractivity (Wildman–Crippen MR) is 71.6 cm³/mol. The van der Waals surface area contributed by atoms with Crippen LogP contribution in [-0.4, -0.2) is 24.1 Å². The zero-order valence-corrected chi connectivity index (χ0v) is 11.6. The summed E-state index contributed by atoms with van der Waals surface area (Å²) in [5, 5.41) is 13.4. The summed E-state index contributed by atoms with van der Waals surface area (Å²) >= 11 is 1.99. The van der Waals surface area contributed by atoms with Gasteiger partial charge in [0, 0.05) is 11.3 Å². The van der Waals surface area contributed by atoms with E-state index in [2.05, 4.69) is 17.6 Å². The Labute approximate surface area is 104 Å². The lowest BCUT2D eigenvalue weighted by atomic mass is 9.90. The van der Waals surface area contributed by atoms with Gasteiger partial charge < -0.3 is 5.32 Å². The Balaban J connectivity index is 2.14. The van der Waals surface area contributed by atoms with E-state index in [1.807, 2.05) is 25.6 Å². The first-order valence-electron chi connectivity index (χ1n) is 6.26. The molecule has 3 heteroatoms. The molecule has 1 N–H and O–H groups in total. The summed E-state index contributed by atoms with van der Waals surface area (Å²) in [4.78, 5) is 0. The average Bonchev–Trinajstić information content (AvgIpc) is 2.72. The first kappa shape index (κ1) is 13.9. The van der Waals surface area contributed by atoms with Crippen LogP contribution in [0.5, 0.6) is 0 Å². The van der Waals surface area contributed by atoms with Crippen molar-refractivity contribution in [3.63, 3.8) is 0 Å². The molecule has 0 spiro atoms. The number of nitriles is 1. The predicted octanol–water partition coefficient (Wildman–Crippen LogP) is 3.19. The third kappa shape index (κ3) is 4.35. The van der Waals surface area contributed by atoms with E-state index in [1.54, 1.807) is 0 Å². The van der Waals surface area contributed by atoms with Crippen molar-refractivity contribution < 1.29 is 0 Å². The molecular formula is C13H24N2S. The molecule has 0 heterocycles. The molecule has 1 aliphatic rings. The minimum atomic E-state index is -0.156. The van der Waals surface area contributed by atoms with Crippen LogP contribution in [0.4, 0.5) is 0 Å². The van der Waals surface area contributed by atoms with Crippen LogP contribution in [0.1, 0.15) is 46.0 Å². The Kier molecular flexibility index (Phi) is 5.64. The van der Waals surface area contributed by atoms with E-state index in [9.17, 15) is 0 Å². The smallest absolute Gasteiger partial charge is 0.0683 e. The van der Waals surface area contributed by atoms with Crippen molar-refractivity contribution >= 4 is 11.8 Å². The second-order valence-electron chi connectivity index (χ2n) is 5.36. The van der Waals surface area contributed by atoms with Crippen LogP contribution in [0.3, 0.4) is 0 Å². The minimum absolute atomic E-state index is 0.156. The Morgan fingerprint density at radius 1 is 1.44 bits per heavy atom. The summed E-state index contributed by atoms with van der Waals surface area (Å²) < 4.78 is 0. The Hall–Kier alpha value is -0.200. The van der Waals surface area contributed by atoms with Gasteiger partial charge in [-0.15, -0.1) is 0 Å². The highest BCUT2D eigenvalue weighted by molar-refractivity contribution is 7.99. The zero-order valence-electron chi connectivity index (χ0n) is 10.8. The normalized spacial score (nSPS) is 25.6. The van der Waals surface area contributed by atoms with Crippen molar-refractivity contribution in [3.8, 4) is 6.07 Å². The van der Waals surface area contributed by atoms with Gasteiger partial charge in [0.2, 0.25) is 0 Å². The number of nitrogens with zero attached hydrogens (tertiary/aromatic N) is 1. The first-order chi connectivity index (χ1) is 7.59. The maximum atomic E-state index is 8.91. The van der Waals surface area contributed by atoms with Crippen LogP contribution >= 0.6 is 11.8 Å². The van der Waals surface area contributed by atoms with Crippen molar-refractivity contribution in [2.75, 3.05) is 12.8 Å². The van der Waals surface area contributed by atoms with Crippen LogP contribution < -0.4 is 5.32 Å². The standard InChI is InChI=1S/C13H24N2S/c1-13(2,10-14)8-5-9-15-11-6-4-7-12(11)16-3/h11-12,15H,4-9H2,1-3H3. The fourth-order valence-electron chi connectivity index (χ4n) is 2.32. The fourth-order valence-corrected chi connectivity index (χ4v) is 3.28.